The first kappa shape index (κ1) is 8.55. The van der Waals surface area contributed by atoms with Crippen LogP contribution >= 0.6 is 11.8 Å². The van der Waals surface area contributed by atoms with Crippen molar-refractivity contribution < 1.29 is 0 Å². The van der Waals surface area contributed by atoms with Crippen molar-refractivity contribution in [1.82, 2.24) is 15.0 Å². The van der Waals surface area contributed by atoms with Gasteiger partial charge in [0.05, 0.1) is 5.25 Å². The molecule has 1 aromatic rings. The van der Waals surface area contributed by atoms with Gasteiger partial charge < -0.3 is 11.5 Å². The Morgan fingerprint density at radius 2 is 1.85 bits per heavy atom. The lowest BCUT2D eigenvalue weighted by atomic mass is 10.2. The summed E-state index contributed by atoms with van der Waals surface area (Å²) < 4.78 is 0. The molecule has 0 aromatic carbocycles. The molecule has 0 radical (unpaired) electrons. The fourth-order valence-electron chi connectivity index (χ4n) is 1.35. The van der Waals surface area contributed by atoms with E-state index in [1.807, 2.05) is 11.8 Å². The van der Waals surface area contributed by atoms with E-state index in [0.717, 1.165) is 18.0 Å². The quantitative estimate of drug-likeness (QED) is 0.685. The van der Waals surface area contributed by atoms with Gasteiger partial charge in [-0.05, 0) is 18.6 Å². The van der Waals surface area contributed by atoms with Crippen molar-refractivity contribution >= 4 is 23.7 Å². The van der Waals surface area contributed by atoms with Gasteiger partial charge in [-0.15, -0.1) is 0 Å². The maximum atomic E-state index is 5.48. The summed E-state index contributed by atoms with van der Waals surface area (Å²) in [4.78, 5) is 11.9. The Bertz CT molecular complexity index is 290. The molecule has 2 heterocycles. The van der Waals surface area contributed by atoms with Gasteiger partial charge in [-0.3, -0.25) is 0 Å². The number of hydrogen-bond acceptors (Lipinski definition) is 6. The fourth-order valence-corrected chi connectivity index (χ4v) is 2.56. The Hall–Kier alpha value is -1.04. The fraction of sp³-hybridized carbons (Fsp3) is 0.571. The number of hydrogen-bond donors (Lipinski definition) is 2. The second-order valence-corrected chi connectivity index (χ2v) is 4.22. The molecule has 4 N–H and O–H groups in total. The number of nitrogens with two attached hydrogens (primary N) is 2. The average Bonchev–Trinajstić information content (AvgIpc) is 2.53. The highest BCUT2D eigenvalue weighted by Crippen LogP contribution is 2.38. The van der Waals surface area contributed by atoms with E-state index in [1.165, 1.54) is 6.42 Å². The first-order valence-corrected chi connectivity index (χ1v) is 5.19. The zero-order valence-corrected chi connectivity index (χ0v) is 7.92. The molecule has 1 unspecified atom stereocenters. The Labute approximate surface area is 80.3 Å². The van der Waals surface area contributed by atoms with Crippen molar-refractivity contribution in [3.8, 4) is 0 Å². The molecule has 1 aliphatic heterocycles. The molecule has 70 valence electrons. The van der Waals surface area contributed by atoms with E-state index in [2.05, 4.69) is 15.0 Å². The van der Waals surface area contributed by atoms with Crippen LogP contribution in [0.1, 0.15) is 23.9 Å². The van der Waals surface area contributed by atoms with Crippen LogP contribution in [0.15, 0.2) is 0 Å². The molecule has 1 fully saturated rings. The van der Waals surface area contributed by atoms with Crippen molar-refractivity contribution in [1.29, 1.82) is 0 Å². The summed E-state index contributed by atoms with van der Waals surface area (Å²) in [5.74, 6) is 2.33. The highest BCUT2D eigenvalue weighted by atomic mass is 32.2. The Kier molecular flexibility index (Phi) is 2.22. The predicted molar refractivity (Wildman–Crippen MR) is 53.1 cm³/mol. The number of nitrogens with zero attached hydrogens (tertiary/aromatic N) is 3. The van der Waals surface area contributed by atoms with Crippen LogP contribution in [0.3, 0.4) is 0 Å². The summed E-state index contributed by atoms with van der Waals surface area (Å²) in [5.41, 5.74) is 11.0. The third-order valence-corrected chi connectivity index (χ3v) is 3.28. The van der Waals surface area contributed by atoms with Crippen LogP contribution in [0, 0.1) is 0 Å². The molecule has 2 rings (SSSR count). The highest BCUT2D eigenvalue weighted by Gasteiger charge is 2.21. The lowest BCUT2D eigenvalue weighted by Crippen LogP contribution is -2.07. The zero-order chi connectivity index (χ0) is 9.26. The van der Waals surface area contributed by atoms with Gasteiger partial charge in [0.1, 0.15) is 5.82 Å². The summed E-state index contributed by atoms with van der Waals surface area (Å²) in [6.07, 6.45) is 2.31. The minimum absolute atomic E-state index is 0.218. The molecule has 5 nitrogen and oxygen atoms in total. The average molecular weight is 197 g/mol. The molecule has 0 saturated carbocycles. The van der Waals surface area contributed by atoms with Crippen molar-refractivity contribution in [2.75, 3.05) is 17.2 Å². The van der Waals surface area contributed by atoms with Gasteiger partial charge in [0.15, 0.2) is 0 Å². The van der Waals surface area contributed by atoms with Crippen molar-refractivity contribution in [3.05, 3.63) is 5.82 Å². The van der Waals surface area contributed by atoms with Gasteiger partial charge in [-0.2, -0.15) is 26.7 Å². The SMILES string of the molecule is Nc1nc(N)nc(C2CCCS2)n1. The summed E-state index contributed by atoms with van der Waals surface area (Å²) in [6, 6.07) is 0. The molecule has 1 saturated heterocycles. The van der Waals surface area contributed by atoms with Crippen LogP contribution in [0.2, 0.25) is 0 Å². The summed E-state index contributed by atoms with van der Waals surface area (Å²) >= 11 is 1.85. The zero-order valence-electron chi connectivity index (χ0n) is 7.10. The highest BCUT2D eigenvalue weighted by molar-refractivity contribution is 7.99. The van der Waals surface area contributed by atoms with E-state index in [0.29, 0.717) is 5.25 Å². The van der Waals surface area contributed by atoms with Gasteiger partial charge in [-0.25, -0.2) is 0 Å². The number of anilines is 2. The van der Waals surface area contributed by atoms with Crippen LogP contribution in [0.5, 0.6) is 0 Å². The minimum atomic E-state index is 0.218. The lowest BCUT2D eigenvalue weighted by Gasteiger charge is -2.06. The van der Waals surface area contributed by atoms with Crippen LogP contribution in [0.4, 0.5) is 11.9 Å². The Morgan fingerprint density at radius 1 is 1.15 bits per heavy atom. The molecule has 0 aliphatic carbocycles. The van der Waals surface area contributed by atoms with Crippen LogP contribution < -0.4 is 11.5 Å². The minimum Gasteiger partial charge on any atom is -0.368 e. The summed E-state index contributed by atoms with van der Waals surface area (Å²) in [6.45, 7) is 0. The third-order valence-electron chi connectivity index (χ3n) is 1.90. The van der Waals surface area contributed by atoms with Crippen molar-refractivity contribution in [2.45, 2.75) is 18.1 Å². The predicted octanol–water partition coefficient (Wildman–Crippen LogP) is 0.604. The van der Waals surface area contributed by atoms with Crippen LogP contribution in [-0.4, -0.2) is 20.7 Å². The standard InChI is InChI=1S/C7H11N5S/c8-6-10-5(11-7(9)12-6)4-2-1-3-13-4/h4H,1-3H2,(H4,8,9,10,11,12). The lowest BCUT2D eigenvalue weighted by molar-refractivity contribution is 0.773. The molecule has 1 atom stereocenters. The molecular weight excluding hydrogens is 186 g/mol. The molecule has 1 aromatic heterocycles. The van der Waals surface area contributed by atoms with E-state index in [4.69, 9.17) is 11.5 Å². The topological polar surface area (TPSA) is 90.7 Å². The number of aromatic nitrogens is 3. The van der Waals surface area contributed by atoms with Crippen LogP contribution in [-0.2, 0) is 0 Å². The first-order valence-electron chi connectivity index (χ1n) is 4.14. The molecule has 6 heteroatoms. The maximum Gasteiger partial charge on any atom is 0.225 e. The van der Waals surface area contributed by atoms with Crippen molar-refractivity contribution in [3.63, 3.8) is 0 Å². The van der Waals surface area contributed by atoms with Gasteiger partial charge in [0, 0.05) is 0 Å². The third kappa shape index (κ3) is 1.82. The van der Waals surface area contributed by atoms with Crippen LogP contribution in [0.25, 0.3) is 0 Å². The molecule has 0 bridgehead atoms. The van der Waals surface area contributed by atoms with E-state index in [1.54, 1.807) is 0 Å². The van der Waals surface area contributed by atoms with E-state index >= 15 is 0 Å². The Balaban J connectivity index is 2.28. The largest absolute Gasteiger partial charge is 0.368 e. The second kappa shape index (κ2) is 3.37. The van der Waals surface area contributed by atoms with Gasteiger partial charge in [-0.1, -0.05) is 0 Å². The normalized spacial score (nSPS) is 22.0. The second-order valence-electron chi connectivity index (χ2n) is 2.91. The number of thioether (sulfide) groups is 1. The number of rotatable bonds is 1. The van der Waals surface area contributed by atoms with E-state index in [9.17, 15) is 0 Å². The molecule has 1 aliphatic rings. The molecule has 0 amide bonds. The molecule has 13 heavy (non-hydrogen) atoms. The van der Waals surface area contributed by atoms with Gasteiger partial charge >= 0.3 is 0 Å². The maximum absolute atomic E-state index is 5.48. The monoisotopic (exact) mass is 197 g/mol. The number of nitrogen functional groups attached to an aromatic ring is 2. The van der Waals surface area contributed by atoms with E-state index < -0.39 is 0 Å². The van der Waals surface area contributed by atoms with Gasteiger partial charge in [0.2, 0.25) is 11.9 Å². The molecule has 0 spiro atoms. The summed E-state index contributed by atoms with van der Waals surface area (Å²) in [5, 5.41) is 0.354. The first-order chi connectivity index (χ1) is 6.25. The van der Waals surface area contributed by atoms with Crippen molar-refractivity contribution in [2.24, 2.45) is 0 Å². The summed E-state index contributed by atoms with van der Waals surface area (Å²) in [7, 11) is 0. The Morgan fingerprint density at radius 3 is 2.38 bits per heavy atom. The molecular formula is C7H11N5S. The van der Waals surface area contributed by atoms with E-state index in [-0.39, 0.29) is 11.9 Å². The smallest absolute Gasteiger partial charge is 0.225 e. The van der Waals surface area contributed by atoms with Gasteiger partial charge in [0.25, 0.3) is 0 Å².